The van der Waals surface area contributed by atoms with Crippen LogP contribution in [0.25, 0.3) is 0 Å². The topological polar surface area (TPSA) is 267 Å². The van der Waals surface area contributed by atoms with E-state index in [4.69, 9.17) is 29.8 Å². The van der Waals surface area contributed by atoms with Crippen LogP contribution in [0, 0.1) is 10.8 Å². The Morgan fingerprint density at radius 3 is 1.51 bits per heavy atom. The van der Waals surface area contributed by atoms with Crippen molar-refractivity contribution in [3.8, 4) is 11.5 Å². The van der Waals surface area contributed by atoms with Crippen LogP contribution in [0.1, 0.15) is 45.7 Å². The highest BCUT2D eigenvalue weighted by Gasteiger charge is 2.36. The number of cyclic esters (lactones) is 2. The molecule has 0 spiro atoms. The molecule has 3 aliphatic heterocycles. The number of nitrogens with zero attached hydrogens (tertiary/aromatic N) is 4. The third-order valence-electron chi connectivity index (χ3n) is 11.8. The van der Waals surface area contributed by atoms with Crippen molar-refractivity contribution in [1.29, 1.82) is 10.8 Å². The number of carbonyl (C=O) groups excluding carboxylic acids is 6. The van der Waals surface area contributed by atoms with Gasteiger partial charge in [-0.25, -0.2) is 14.4 Å². The summed E-state index contributed by atoms with van der Waals surface area (Å²) in [7, 11) is -3.62. The molecular weight excluding hydrogens is 977 g/mol. The SMILES string of the molecule is CC(=O)Oc1ccccc1OC(=O)C(C)N1CCN(CC2CN(c3ccc(C(=N)NC(=O)c4ccccc4)cc3)C(=O)O2)CC1.CS(=O)(=O)OCC1CN(c2ccc(C(=N)NC(=O)c3ccccc3)cc2)C(=O)O1. The van der Waals surface area contributed by atoms with E-state index in [2.05, 4.69) is 19.7 Å². The number of rotatable bonds is 15. The van der Waals surface area contributed by atoms with Crippen LogP contribution in [0.3, 0.4) is 0 Å². The molecule has 3 aliphatic rings. The van der Waals surface area contributed by atoms with E-state index in [1.165, 1.54) is 11.8 Å². The van der Waals surface area contributed by atoms with Crippen molar-refractivity contribution in [2.24, 2.45) is 0 Å². The smallest absolute Gasteiger partial charge is 0.414 e. The molecule has 8 rings (SSSR count). The molecule has 21 nitrogen and oxygen atoms in total. The summed E-state index contributed by atoms with van der Waals surface area (Å²) in [6, 6.07) is 36.5. The Bertz CT molecular complexity index is 2970. The molecule has 74 heavy (non-hydrogen) atoms. The molecule has 3 saturated heterocycles. The Hall–Kier alpha value is -8.31. The standard InChI is InChI=1S/C33H35N5O7.C19H19N3O6S/c1-22(32(41)45-29-11-7-6-10-28(29)43-23(2)39)37-18-16-36(17-19-37)20-27-21-38(33(42)44-27)26-14-12-24(13-15-26)30(34)35-31(40)25-8-4-3-5-9-25;1-29(25,26)27-12-16-11-22(19(24)28-16)15-9-7-13(8-10-15)17(20)21-18(23)14-5-3-2-4-6-14/h3-15,22,27H,16-21H2,1-2H3,(H2,34,35,40);2-10,16H,11-12H2,1H3,(H2,20,21,23). The number of nitrogens with one attached hydrogen (secondary N) is 4. The minimum Gasteiger partial charge on any atom is -0.443 e. The zero-order valence-electron chi connectivity index (χ0n) is 40.6. The minimum atomic E-state index is -3.62. The van der Waals surface area contributed by atoms with Crippen molar-refractivity contribution < 1.29 is 60.3 Å². The van der Waals surface area contributed by atoms with E-state index in [9.17, 15) is 37.2 Å². The van der Waals surface area contributed by atoms with Gasteiger partial charge in [-0.1, -0.05) is 48.5 Å². The number of amides is 4. The number of hydrogen-bond donors (Lipinski definition) is 4. The minimum absolute atomic E-state index is 0.0363. The van der Waals surface area contributed by atoms with E-state index in [0.717, 1.165) is 6.26 Å². The third kappa shape index (κ3) is 14.7. The maximum absolute atomic E-state index is 12.9. The van der Waals surface area contributed by atoms with E-state index in [-0.39, 0.29) is 48.3 Å². The Morgan fingerprint density at radius 2 is 1.05 bits per heavy atom. The van der Waals surface area contributed by atoms with Crippen LogP contribution in [-0.2, 0) is 33.4 Å². The van der Waals surface area contributed by atoms with Crippen LogP contribution in [0.15, 0.2) is 133 Å². The summed E-state index contributed by atoms with van der Waals surface area (Å²) in [5, 5.41) is 21.4. The lowest BCUT2D eigenvalue weighted by molar-refractivity contribution is -0.141. The van der Waals surface area contributed by atoms with E-state index >= 15 is 0 Å². The van der Waals surface area contributed by atoms with Gasteiger partial charge in [0.15, 0.2) is 11.5 Å². The Balaban J connectivity index is 0.000000238. The Labute approximate surface area is 427 Å². The fourth-order valence-electron chi connectivity index (χ4n) is 7.89. The molecule has 3 atom stereocenters. The van der Waals surface area contributed by atoms with E-state index in [1.807, 2.05) is 11.0 Å². The normalized spacial score (nSPS) is 17.2. The number of benzene rings is 5. The zero-order valence-corrected chi connectivity index (χ0v) is 41.4. The first-order valence-corrected chi connectivity index (χ1v) is 25.1. The number of esters is 2. The first-order valence-electron chi connectivity index (χ1n) is 23.3. The van der Waals surface area contributed by atoms with Crippen molar-refractivity contribution in [1.82, 2.24) is 20.4 Å². The number of ether oxygens (including phenoxy) is 4. The lowest BCUT2D eigenvalue weighted by atomic mass is 10.1. The Kier molecular flexibility index (Phi) is 17.6. The number of amidine groups is 2. The molecule has 0 aromatic heterocycles. The van der Waals surface area contributed by atoms with Crippen LogP contribution < -0.4 is 29.9 Å². The maximum Gasteiger partial charge on any atom is 0.414 e. The van der Waals surface area contributed by atoms with Gasteiger partial charge in [0, 0.05) is 73.3 Å². The summed E-state index contributed by atoms with van der Waals surface area (Å²) in [4.78, 5) is 80.6. The summed E-state index contributed by atoms with van der Waals surface area (Å²) in [6.45, 7) is 6.50. The van der Waals surface area contributed by atoms with Crippen LogP contribution in [0.4, 0.5) is 21.0 Å². The molecule has 386 valence electrons. The number of piperazine rings is 1. The second-order valence-corrected chi connectivity index (χ2v) is 18.8. The molecule has 3 fully saturated rings. The molecule has 0 radical (unpaired) electrons. The lowest BCUT2D eigenvalue weighted by Crippen LogP contribution is -2.53. The largest absolute Gasteiger partial charge is 0.443 e. The van der Waals surface area contributed by atoms with Gasteiger partial charge in [0.25, 0.3) is 21.9 Å². The average molecular weight is 1030 g/mol. The second kappa shape index (κ2) is 24.4. The highest BCUT2D eigenvalue weighted by atomic mass is 32.2. The first kappa shape index (κ1) is 53.5. The maximum atomic E-state index is 12.9. The molecule has 4 N–H and O–H groups in total. The highest BCUT2D eigenvalue weighted by molar-refractivity contribution is 7.86. The average Bonchev–Trinajstić information content (AvgIpc) is 3.96. The fraction of sp³-hybridized carbons (Fsp3) is 0.269. The predicted octanol–water partition coefficient (Wildman–Crippen LogP) is 5.05. The van der Waals surface area contributed by atoms with Gasteiger partial charge >= 0.3 is 24.1 Å². The second-order valence-electron chi connectivity index (χ2n) is 17.2. The molecule has 5 aromatic rings. The molecule has 22 heteroatoms. The molecule has 0 saturated carbocycles. The fourth-order valence-corrected chi connectivity index (χ4v) is 8.29. The number of para-hydroxylation sites is 2. The zero-order chi connectivity index (χ0) is 52.9. The molecule has 4 amide bonds. The molecule has 0 bridgehead atoms. The van der Waals surface area contributed by atoms with Crippen molar-refractivity contribution in [2.75, 3.05) is 68.5 Å². The first-order chi connectivity index (χ1) is 35.4. The molecule has 3 heterocycles. The van der Waals surface area contributed by atoms with Gasteiger partial charge in [0.1, 0.15) is 36.5 Å². The van der Waals surface area contributed by atoms with Crippen molar-refractivity contribution in [2.45, 2.75) is 32.1 Å². The quantitative estimate of drug-likeness (QED) is 0.0352. The van der Waals surface area contributed by atoms with Gasteiger partial charge in [0.2, 0.25) is 0 Å². The van der Waals surface area contributed by atoms with Gasteiger partial charge < -0.3 is 29.6 Å². The van der Waals surface area contributed by atoms with Crippen LogP contribution >= 0.6 is 0 Å². The highest BCUT2D eigenvalue weighted by Crippen LogP contribution is 2.28. The summed E-state index contributed by atoms with van der Waals surface area (Å²) in [6.07, 6.45) is -1.17. The van der Waals surface area contributed by atoms with E-state index in [0.29, 0.717) is 72.9 Å². The molecule has 5 aromatic carbocycles. The van der Waals surface area contributed by atoms with E-state index < -0.39 is 52.3 Å². The molecule has 3 unspecified atom stereocenters. The van der Waals surface area contributed by atoms with Gasteiger partial charge in [-0.15, -0.1) is 0 Å². The molecular formula is C52H54N8O13S. The Morgan fingerprint density at radius 1 is 0.622 bits per heavy atom. The van der Waals surface area contributed by atoms with Crippen molar-refractivity contribution in [3.05, 3.63) is 156 Å². The van der Waals surface area contributed by atoms with Crippen LogP contribution in [0.2, 0.25) is 0 Å². The summed E-state index contributed by atoms with van der Waals surface area (Å²) >= 11 is 0. The third-order valence-corrected chi connectivity index (χ3v) is 12.3. The van der Waals surface area contributed by atoms with E-state index in [1.54, 1.807) is 139 Å². The van der Waals surface area contributed by atoms with Crippen molar-refractivity contribution >= 4 is 69.1 Å². The van der Waals surface area contributed by atoms with Crippen LogP contribution in [0.5, 0.6) is 11.5 Å². The van der Waals surface area contributed by atoms with Crippen molar-refractivity contribution in [3.63, 3.8) is 0 Å². The summed E-state index contributed by atoms with van der Waals surface area (Å²) in [5.41, 5.74) is 3.03. The van der Waals surface area contributed by atoms with Crippen LogP contribution in [-0.4, -0.2) is 143 Å². The molecule has 0 aliphatic carbocycles. The van der Waals surface area contributed by atoms with Gasteiger partial charge in [-0.2, -0.15) is 8.42 Å². The van der Waals surface area contributed by atoms with Gasteiger partial charge in [-0.3, -0.25) is 49.0 Å². The monoisotopic (exact) mass is 1030 g/mol. The lowest BCUT2D eigenvalue weighted by Gasteiger charge is -2.37. The number of carbonyl (C=O) groups is 6. The predicted molar refractivity (Wildman–Crippen MR) is 271 cm³/mol. The number of hydrogen-bond acceptors (Lipinski definition) is 17. The summed E-state index contributed by atoms with van der Waals surface area (Å²) in [5.74, 6) is -1.43. The number of anilines is 2. The summed E-state index contributed by atoms with van der Waals surface area (Å²) < 4.78 is 48.2. The van der Waals surface area contributed by atoms with Gasteiger partial charge in [-0.05, 0) is 91.9 Å². The van der Waals surface area contributed by atoms with Gasteiger partial charge in [0.05, 0.1) is 19.3 Å².